The van der Waals surface area contributed by atoms with E-state index in [0.717, 1.165) is 18.9 Å². The highest BCUT2D eigenvalue weighted by Gasteiger charge is 2.52. The molecule has 8 nitrogen and oxygen atoms in total. The highest BCUT2D eigenvalue weighted by Crippen LogP contribution is 2.35. The van der Waals surface area contributed by atoms with E-state index in [-0.39, 0.29) is 5.56 Å². The third-order valence-electron chi connectivity index (χ3n) is 5.27. The molecule has 0 aromatic heterocycles. The lowest BCUT2D eigenvalue weighted by atomic mass is 9.77. The van der Waals surface area contributed by atoms with Crippen LogP contribution in [-0.4, -0.2) is 41.0 Å². The summed E-state index contributed by atoms with van der Waals surface area (Å²) in [6.07, 6.45) is 2.63. The summed E-state index contributed by atoms with van der Waals surface area (Å²) >= 11 is 0. The van der Waals surface area contributed by atoms with Crippen LogP contribution in [0.25, 0.3) is 0 Å². The maximum Gasteiger partial charge on any atom is 0.344 e. The van der Waals surface area contributed by atoms with E-state index in [0.29, 0.717) is 29.3 Å². The monoisotopic (exact) mass is 391 g/mol. The number of aryl methyl sites for hydroxylation is 1. The standard InChI is InChI=1S/C19H22FN3O5/c1-11-5-7-19(8-6-11)17(26)23(18(27)21-19)22-15(24)10-28-16(25)13-4-3-12(2)14(20)9-13/h3-4,9,11H,5-8,10H2,1-2H3,(H,21,27)(H,22,24). The third-order valence-corrected chi connectivity index (χ3v) is 5.27. The van der Waals surface area contributed by atoms with Crippen LogP contribution in [0.3, 0.4) is 0 Å². The summed E-state index contributed by atoms with van der Waals surface area (Å²) in [5.41, 5.74) is 1.52. The lowest BCUT2D eigenvalue weighted by Gasteiger charge is -2.33. The number of hydrogen-bond donors (Lipinski definition) is 2. The molecule has 0 radical (unpaired) electrons. The number of hydrazine groups is 1. The summed E-state index contributed by atoms with van der Waals surface area (Å²) in [5, 5.41) is 3.31. The lowest BCUT2D eigenvalue weighted by molar-refractivity contribution is -0.141. The Morgan fingerprint density at radius 2 is 2.00 bits per heavy atom. The molecule has 9 heteroatoms. The summed E-state index contributed by atoms with van der Waals surface area (Å²) < 4.78 is 18.3. The predicted molar refractivity (Wildman–Crippen MR) is 95.3 cm³/mol. The topological polar surface area (TPSA) is 105 Å². The molecule has 2 fully saturated rings. The summed E-state index contributed by atoms with van der Waals surface area (Å²) in [7, 11) is 0. The predicted octanol–water partition coefficient (Wildman–Crippen LogP) is 1.82. The number of halogens is 1. The molecule has 1 aromatic carbocycles. The Morgan fingerprint density at radius 1 is 1.32 bits per heavy atom. The van der Waals surface area contributed by atoms with Gasteiger partial charge in [-0.25, -0.2) is 14.0 Å². The van der Waals surface area contributed by atoms with Gasteiger partial charge in [0.1, 0.15) is 11.4 Å². The van der Waals surface area contributed by atoms with Crippen molar-refractivity contribution in [1.29, 1.82) is 0 Å². The molecule has 1 aromatic rings. The number of esters is 1. The molecule has 1 aliphatic carbocycles. The zero-order chi connectivity index (χ0) is 20.5. The number of carbonyl (C=O) groups is 4. The lowest BCUT2D eigenvalue weighted by Crippen LogP contribution is -2.52. The molecule has 0 bridgehead atoms. The van der Waals surface area contributed by atoms with Gasteiger partial charge in [-0.15, -0.1) is 0 Å². The fraction of sp³-hybridized carbons (Fsp3) is 0.474. The molecule has 4 amide bonds. The van der Waals surface area contributed by atoms with E-state index in [2.05, 4.69) is 17.7 Å². The quantitative estimate of drug-likeness (QED) is 0.602. The van der Waals surface area contributed by atoms with Gasteiger partial charge in [-0.1, -0.05) is 13.0 Å². The van der Waals surface area contributed by atoms with Crippen LogP contribution < -0.4 is 10.7 Å². The molecular formula is C19H22FN3O5. The Kier molecular flexibility index (Phi) is 5.35. The van der Waals surface area contributed by atoms with Crippen molar-refractivity contribution < 1.29 is 28.3 Å². The van der Waals surface area contributed by atoms with Gasteiger partial charge in [-0.3, -0.25) is 15.0 Å². The summed E-state index contributed by atoms with van der Waals surface area (Å²) in [4.78, 5) is 48.7. The van der Waals surface area contributed by atoms with Crippen molar-refractivity contribution in [3.05, 3.63) is 35.1 Å². The van der Waals surface area contributed by atoms with Gasteiger partial charge in [0.25, 0.3) is 11.8 Å². The second-order valence-corrected chi connectivity index (χ2v) is 7.41. The first kappa shape index (κ1) is 19.8. The van der Waals surface area contributed by atoms with Crippen molar-refractivity contribution >= 4 is 23.8 Å². The van der Waals surface area contributed by atoms with Crippen LogP contribution in [0.4, 0.5) is 9.18 Å². The van der Waals surface area contributed by atoms with Crippen LogP contribution >= 0.6 is 0 Å². The molecule has 28 heavy (non-hydrogen) atoms. The van der Waals surface area contributed by atoms with Crippen LogP contribution in [0.1, 0.15) is 48.5 Å². The second kappa shape index (κ2) is 7.57. The average Bonchev–Trinajstić information content (AvgIpc) is 2.89. The Hall–Kier alpha value is -2.97. The number of imide groups is 1. The van der Waals surface area contributed by atoms with E-state index >= 15 is 0 Å². The van der Waals surface area contributed by atoms with E-state index in [1.165, 1.54) is 12.1 Å². The van der Waals surface area contributed by atoms with Gasteiger partial charge >= 0.3 is 12.0 Å². The zero-order valence-electron chi connectivity index (χ0n) is 15.7. The first-order valence-corrected chi connectivity index (χ1v) is 9.11. The van der Waals surface area contributed by atoms with Crippen molar-refractivity contribution in [1.82, 2.24) is 15.8 Å². The summed E-state index contributed by atoms with van der Waals surface area (Å²) in [5.74, 6) is -2.32. The van der Waals surface area contributed by atoms with Crippen LogP contribution in [0.15, 0.2) is 18.2 Å². The van der Waals surface area contributed by atoms with Crippen molar-refractivity contribution in [3.63, 3.8) is 0 Å². The maximum atomic E-state index is 13.5. The molecule has 1 saturated carbocycles. The Labute approximate surface area is 161 Å². The molecule has 1 aliphatic heterocycles. The fourth-order valence-electron chi connectivity index (χ4n) is 3.41. The normalized spacial score (nSPS) is 24.2. The third kappa shape index (κ3) is 3.83. The average molecular weight is 391 g/mol. The van der Waals surface area contributed by atoms with Crippen molar-refractivity contribution in [2.24, 2.45) is 5.92 Å². The van der Waals surface area contributed by atoms with Crippen LogP contribution in [0, 0.1) is 18.7 Å². The van der Waals surface area contributed by atoms with Crippen LogP contribution in [0.2, 0.25) is 0 Å². The SMILES string of the molecule is Cc1ccc(C(=O)OCC(=O)NN2C(=O)NC3(CCC(C)CC3)C2=O)cc1F. The number of nitrogens with zero attached hydrogens (tertiary/aromatic N) is 1. The van der Waals surface area contributed by atoms with Gasteiger partial charge in [0.2, 0.25) is 0 Å². The minimum absolute atomic E-state index is 0.0406. The van der Waals surface area contributed by atoms with Crippen LogP contribution in [-0.2, 0) is 14.3 Å². The smallest absolute Gasteiger partial charge is 0.344 e. The number of benzene rings is 1. The van der Waals surface area contributed by atoms with Crippen molar-refractivity contribution in [3.8, 4) is 0 Å². The molecule has 2 aliphatic rings. The molecular weight excluding hydrogens is 369 g/mol. The molecule has 1 spiro atoms. The highest BCUT2D eigenvalue weighted by atomic mass is 19.1. The zero-order valence-corrected chi connectivity index (χ0v) is 15.7. The van der Waals surface area contributed by atoms with Gasteiger partial charge in [-0.05, 0) is 56.2 Å². The van der Waals surface area contributed by atoms with Crippen molar-refractivity contribution in [2.75, 3.05) is 6.61 Å². The Balaban J connectivity index is 1.56. The number of urea groups is 1. The Bertz CT molecular complexity index is 833. The van der Waals surface area contributed by atoms with Gasteiger partial charge in [0, 0.05) is 0 Å². The summed E-state index contributed by atoms with van der Waals surface area (Å²) in [6.45, 7) is 2.92. The fourth-order valence-corrected chi connectivity index (χ4v) is 3.41. The van der Waals surface area contributed by atoms with Gasteiger partial charge in [0.15, 0.2) is 6.61 Å². The van der Waals surface area contributed by atoms with Crippen LogP contribution in [0.5, 0.6) is 0 Å². The molecule has 2 N–H and O–H groups in total. The number of hydrogen-bond acceptors (Lipinski definition) is 5. The number of rotatable bonds is 4. The highest BCUT2D eigenvalue weighted by molar-refractivity contribution is 6.08. The summed E-state index contributed by atoms with van der Waals surface area (Å²) in [6, 6.07) is 3.11. The van der Waals surface area contributed by atoms with Gasteiger partial charge < -0.3 is 10.1 Å². The molecule has 0 atom stereocenters. The molecule has 150 valence electrons. The molecule has 1 heterocycles. The number of carbonyl (C=O) groups excluding carboxylic acids is 4. The number of amides is 4. The maximum absolute atomic E-state index is 13.5. The molecule has 3 rings (SSSR count). The van der Waals surface area contributed by atoms with E-state index < -0.39 is 41.8 Å². The Morgan fingerprint density at radius 3 is 2.64 bits per heavy atom. The van der Waals surface area contributed by atoms with E-state index in [1.807, 2.05) is 0 Å². The minimum atomic E-state index is -0.979. The second-order valence-electron chi connectivity index (χ2n) is 7.41. The van der Waals surface area contributed by atoms with Gasteiger partial charge in [-0.2, -0.15) is 5.01 Å². The first-order valence-electron chi connectivity index (χ1n) is 9.11. The first-order chi connectivity index (χ1) is 13.2. The largest absolute Gasteiger partial charge is 0.452 e. The van der Waals surface area contributed by atoms with E-state index in [1.54, 1.807) is 6.92 Å². The van der Waals surface area contributed by atoms with E-state index in [4.69, 9.17) is 4.74 Å². The minimum Gasteiger partial charge on any atom is -0.452 e. The van der Waals surface area contributed by atoms with Crippen molar-refractivity contribution in [2.45, 2.75) is 45.1 Å². The van der Waals surface area contributed by atoms with Gasteiger partial charge in [0.05, 0.1) is 5.56 Å². The number of ether oxygens (including phenoxy) is 1. The molecule has 1 saturated heterocycles. The molecule has 0 unspecified atom stereocenters. The number of nitrogens with one attached hydrogen (secondary N) is 2. The van der Waals surface area contributed by atoms with E-state index in [9.17, 15) is 23.6 Å².